The molecule has 0 saturated carbocycles. The first-order valence-electron chi connectivity index (χ1n) is 8.57. The van der Waals surface area contributed by atoms with E-state index in [1.54, 1.807) is 0 Å². The van der Waals surface area contributed by atoms with Crippen LogP contribution >= 0.6 is 11.8 Å². The maximum atomic E-state index is 2.31. The third kappa shape index (κ3) is 5.42. The van der Waals surface area contributed by atoms with Crippen molar-refractivity contribution in [3.05, 3.63) is 59.7 Å². The minimum absolute atomic E-state index is 0.262. The van der Waals surface area contributed by atoms with Crippen molar-refractivity contribution in [1.29, 1.82) is 0 Å². The van der Waals surface area contributed by atoms with Crippen LogP contribution in [0.2, 0.25) is 0 Å². The van der Waals surface area contributed by atoms with Crippen LogP contribution in [0, 0.1) is 5.41 Å². The first kappa shape index (κ1) is 18.1. The molecule has 0 saturated heterocycles. The number of rotatable bonds is 5. The summed E-state index contributed by atoms with van der Waals surface area (Å²) in [6, 6.07) is 18.1. The molecule has 0 spiro atoms. The fourth-order valence-corrected chi connectivity index (χ4v) is 3.42. The quantitative estimate of drug-likeness (QED) is 0.564. The molecule has 0 bridgehead atoms. The van der Waals surface area contributed by atoms with Crippen LogP contribution in [-0.2, 0) is 11.8 Å². The van der Waals surface area contributed by atoms with Gasteiger partial charge in [-0.1, -0.05) is 77.6 Å². The van der Waals surface area contributed by atoms with Crippen LogP contribution in [0.15, 0.2) is 58.3 Å². The SMILES string of the molecule is CCC(C)(C)c1ccc(Sc2ccc(CC(C)(C)C)cc2)cc1. The van der Waals surface area contributed by atoms with E-state index in [0.29, 0.717) is 5.41 Å². The van der Waals surface area contributed by atoms with E-state index in [1.165, 1.54) is 20.9 Å². The van der Waals surface area contributed by atoms with Crippen molar-refractivity contribution in [1.82, 2.24) is 0 Å². The molecule has 124 valence electrons. The van der Waals surface area contributed by atoms with Gasteiger partial charge < -0.3 is 0 Å². The first-order valence-corrected chi connectivity index (χ1v) is 9.39. The average Bonchev–Trinajstić information content (AvgIpc) is 2.48. The summed E-state index contributed by atoms with van der Waals surface area (Å²) < 4.78 is 0. The van der Waals surface area contributed by atoms with Crippen LogP contribution in [0.4, 0.5) is 0 Å². The maximum Gasteiger partial charge on any atom is 0.0122 e. The summed E-state index contributed by atoms with van der Waals surface area (Å²) in [4.78, 5) is 2.62. The van der Waals surface area contributed by atoms with Gasteiger partial charge in [-0.2, -0.15) is 0 Å². The Kier molecular flexibility index (Phi) is 5.62. The number of hydrogen-bond donors (Lipinski definition) is 0. The Balaban J connectivity index is 2.05. The summed E-state index contributed by atoms with van der Waals surface area (Å²) in [6.07, 6.45) is 2.29. The molecule has 2 rings (SSSR count). The molecule has 0 atom stereocenters. The Morgan fingerprint density at radius 2 is 1.22 bits per heavy atom. The molecule has 0 aliphatic carbocycles. The van der Waals surface area contributed by atoms with E-state index in [1.807, 2.05) is 11.8 Å². The lowest BCUT2D eigenvalue weighted by molar-refractivity contribution is 0.411. The van der Waals surface area contributed by atoms with Gasteiger partial charge in [0.25, 0.3) is 0 Å². The van der Waals surface area contributed by atoms with Crippen molar-refractivity contribution in [3.63, 3.8) is 0 Å². The molecule has 0 heterocycles. The molecule has 1 heteroatoms. The smallest absolute Gasteiger partial charge is 0.0122 e. The van der Waals surface area contributed by atoms with Gasteiger partial charge in [-0.15, -0.1) is 0 Å². The second-order valence-electron chi connectivity index (χ2n) is 8.25. The predicted molar refractivity (Wildman–Crippen MR) is 103 cm³/mol. The first-order chi connectivity index (χ1) is 10.7. The fourth-order valence-electron chi connectivity index (χ4n) is 2.60. The topological polar surface area (TPSA) is 0 Å². The lowest BCUT2D eigenvalue weighted by atomic mass is 9.82. The molecule has 2 aromatic carbocycles. The lowest BCUT2D eigenvalue weighted by Gasteiger charge is -2.23. The van der Waals surface area contributed by atoms with Crippen LogP contribution in [0.1, 0.15) is 59.1 Å². The van der Waals surface area contributed by atoms with Gasteiger partial charge in [0.2, 0.25) is 0 Å². The van der Waals surface area contributed by atoms with E-state index >= 15 is 0 Å². The molecule has 0 fully saturated rings. The summed E-state index contributed by atoms with van der Waals surface area (Å²) >= 11 is 1.84. The van der Waals surface area contributed by atoms with Gasteiger partial charge in [0.05, 0.1) is 0 Å². The number of hydrogen-bond acceptors (Lipinski definition) is 1. The van der Waals surface area contributed by atoms with Gasteiger partial charge in [0.15, 0.2) is 0 Å². The Morgan fingerprint density at radius 3 is 1.65 bits per heavy atom. The van der Waals surface area contributed by atoms with Crippen molar-refractivity contribution in [3.8, 4) is 0 Å². The van der Waals surface area contributed by atoms with Crippen molar-refractivity contribution >= 4 is 11.8 Å². The molecule has 0 aliphatic rings. The second kappa shape index (κ2) is 7.13. The summed E-state index contributed by atoms with van der Waals surface area (Å²) in [5, 5.41) is 0. The van der Waals surface area contributed by atoms with Gasteiger partial charge in [-0.3, -0.25) is 0 Å². The van der Waals surface area contributed by atoms with Gasteiger partial charge in [0.1, 0.15) is 0 Å². The highest BCUT2D eigenvalue weighted by Gasteiger charge is 2.17. The molecule has 0 N–H and O–H groups in total. The summed E-state index contributed by atoms with van der Waals surface area (Å²) in [6.45, 7) is 13.7. The van der Waals surface area contributed by atoms with Crippen LogP contribution in [0.25, 0.3) is 0 Å². The van der Waals surface area contributed by atoms with E-state index in [9.17, 15) is 0 Å². The third-order valence-corrected chi connectivity index (χ3v) is 5.43. The standard InChI is InChI=1S/C22H30S/c1-7-22(5,6)18-10-14-20(15-11-18)23-19-12-8-17(9-13-19)16-21(2,3)4/h8-15H,7,16H2,1-6H3. The third-order valence-electron chi connectivity index (χ3n) is 4.41. The zero-order valence-electron chi connectivity index (χ0n) is 15.4. The van der Waals surface area contributed by atoms with E-state index in [2.05, 4.69) is 90.1 Å². The normalized spacial score (nSPS) is 12.4. The molecule has 0 nitrogen and oxygen atoms in total. The van der Waals surface area contributed by atoms with E-state index in [0.717, 1.165) is 12.8 Å². The molecule has 2 aromatic rings. The average molecular weight is 327 g/mol. The van der Waals surface area contributed by atoms with Crippen LogP contribution in [0.5, 0.6) is 0 Å². The van der Waals surface area contributed by atoms with Gasteiger partial charge in [0, 0.05) is 9.79 Å². The monoisotopic (exact) mass is 326 g/mol. The molecular weight excluding hydrogens is 296 g/mol. The zero-order chi connectivity index (χ0) is 17.1. The summed E-state index contributed by atoms with van der Waals surface area (Å²) in [7, 11) is 0. The fraction of sp³-hybridized carbons (Fsp3) is 0.455. The highest BCUT2D eigenvalue weighted by atomic mass is 32.2. The Morgan fingerprint density at radius 1 is 0.739 bits per heavy atom. The van der Waals surface area contributed by atoms with Crippen LogP contribution in [0.3, 0.4) is 0 Å². The van der Waals surface area contributed by atoms with Crippen molar-refractivity contribution < 1.29 is 0 Å². The molecule has 0 aliphatic heterocycles. The molecule has 0 aromatic heterocycles. The molecule has 0 unspecified atom stereocenters. The van der Waals surface area contributed by atoms with E-state index in [-0.39, 0.29) is 5.41 Å². The lowest BCUT2D eigenvalue weighted by Crippen LogP contribution is -2.14. The van der Waals surface area contributed by atoms with Crippen molar-refractivity contribution in [2.45, 2.75) is 69.6 Å². The predicted octanol–water partition coefficient (Wildman–Crippen LogP) is 7.11. The molecule has 23 heavy (non-hydrogen) atoms. The van der Waals surface area contributed by atoms with Crippen LogP contribution < -0.4 is 0 Å². The van der Waals surface area contributed by atoms with Gasteiger partial charge >= 0.3 is 0 Å². The van der Waals surface area contributed by atoms with Crippen molar-refractivity contribution in [2.75, 3.05) is 0 Å². The van der Waals surface area contributed by atoms with Gasteiger partial charge in [-0.05, 0) is 59.1 Å². The largest absolute Gasteiger partial charge is 0.0901 e. The molecule has 0 amide bonds. The molecular formula is C22H30S. The van der Waals surface area contributed by atoms with E-state index < -0.39 is 0 Å². The summed E-state index contributed by atoms with van der Waals surface area (Å²) in [5.74, 6) is 0. The Hall–Kier alpha value is -1.21. The highest BCUT2D eigenvalue weighted by molar-refractivity contribution is 7.99. The molecule has 0 radical (unpaired) electrons. The zero-order valence-corrected chi connectivity index (χ0v) is 16.3. The second-order valence-corrected chi connectivity index (χ2v) is 9.39. The van der Waals surface area contributed by atoms with Crippen molar-refractivity contribution in [2.24, 2.45) is 5.41 Å². The number of benzene rings is 2. The Bertz CT molecular complexity index is 613. The highest BCUT2D eigenvalue weighted by Crippen LogP contribution is 2.32. The minimum Gasteiger partial charge on any atom is -0.0901 e. The minimum atomic E-state index is 0.262. The van der Waals surface area contributed by atoms with Gasteiger partial charge in [-0.25, -0.2) is 0 Å². The Labute approximate surface area is 146 Å². The summed E-state index contributed by atoms with van der Waals surface area (Å²) in [5.41, 5.74) is 3.45. The van der Waals surface area contributed by atoms with E-state index in [4.69, 9.17) is 0 Å². The maximum absolute atomic E-state index is 2.31. The van der Waals surface area contributed by atoms with Crippen LogP contribution in [-0.4, -0.2) is 0 Å².